The minimum Gasteiger partial charge on any atom is -0.384 e. The van der Waals surface area contributed by atoms with Gasteiger partial charge >= 0.3 is 0 Å². The molecule has 2 N–H and O–H groups in total. The summed E-state index contributed by atoms with van der Waals surface area (Å²) in [6, 6.07) is 13.4. The predicted molar refractivity (Wildman–Crippen MR) is 103 cm³/mol. The van der Waals surface area contributed by atoms with Crippen LogP contribution in [0.3, 0.4) is 0 Å². The second kappa shape index (κ2) is 8.05. The molecular formula is C19H24Cl2N2. The molecule has 0 unspecified atom stereocenters. The van der Waals surface area contributed by atoms with E-state index in [1.807, 2.05) is 0 Å². The summed E-state index contributed by atoms with van der Waals surface area (Å²) in [4.78, 5) is 0. The maximum absolute atomic E-state index is 3.68. The highest BCUT2D eigenvalue weighted by molar-refractivity contribution is 5.86. The molecule has 0 atom stereocenters. The third kappa shape index (κ3) is 3.50. The molecule has 2 nitrogen and oxygen atoms in total. The van der Waals surface area contributed by atoms with E-state index in [9.17, 15) is 0 Å². The molecule has 2 aromatic carbocycles. The fourth-order valence-electron chi connectivity index (χ4n) is 3.73. The lowest BCUT2D eigenvalue weighted by Gasteiger charge is -2.26. The Labute approximate surface area is 150 Å². The molecular weight excluding hydrogens is 327 g/mol. The first-order valence-electron chi connectivity index (χ1n) is 8.11. The molecule has 0 saturated carbocycles. The number of anilines is 1. The van der Waals surface area contributed by atoms with Crippen molar-refractivity contribution in [3.63, 3.8) is 0 Å². The highest BCUT2D eigenvalue weighted by Crippen LogP contribution is 2.39. The second-order valence-corrected chi connectivity index (χ2v) is 6.07. The van der Waals surface area contributed by atoms with E-state index in [0.717, 1.165) is 32.5 Å². The third-order valence-electron chi connectivity index (χ3n) is 4.72. The van der Waals surface area contributed by atoms with Gasteiger partial charge in [-0.15, -0.1) is 24.8 Å². The SMILES string of the molecule is Cl.Cl.c1ccc(-c2c3c(cc4c2NCCC4)CCNCC3)cc1. The topological polar surface area (TPSA) is 24.1 Å². The van der Waals surface area contributed by atoms with E-state index in [1.54, 1.807) is 11.1 Å². The summed E-state index contributed by atoms with van der Waals surface area (Å²) in [5, 5.41) is 7.22. The van der Waals surface area contributed by atoms with Crippen molar-refractivity contribution in [1.29, 1.82) is 0 Å². The van der Waals surface area contributed by atoms with E-state index in [0.29, 0.717) is 0 Å². The summed E-state index contributed by atoms with van der Waals surface area (Å²) in [6.07, 6.45) is 4.75. The van der Waals surface area contributed by atoms with Crippen LogP contribution in [-0.4, -0.2) is 19.6 Å². The van der Waals surface area contributed by atoms with Crippen molar-refractivity contribution in [3.05, 3.63) is 53.1 Å². The number of halogens is 2. The summed E-state index contributed by atoms with van der Waals surface area (Å²) < 4.78 is 0. The fraction of sp³-hybridized carbons (Fsp3) is 0.368. The van der Waals surface area contributed by atoms with Crippen molar-refractivity contribution in [2.24, 2.45) is 0 Å². The average molecular weight is 351 g/mol. The summed E-state index contributed by atoms with van der Waals surface area (Å²) in [5.74, 6) is 0. The highest BCUT2D eigenvalue weighted by atomic mass is 35.5. The van der Waals surface area contributed by atoms with Crippen molar-refractivity contribution in [2.45, 2.75) is 25.7 Å². The molecule has 2 heterocycles. The van der Waals surface area contributed by atoms with Crippen LogP contribution in [-0.2, 0) is 19.3 Å². The van der Waals surface area contributed by atoms with Crippen LogP contribution in [0.5, 0.6) is 0 Å². The molecule has 4 rings (SSSR count). The lowest BCUT2D eigenvalue weighted by molar-refractivity contribution is 0.711. The summed E-state index contributed by atoms with van der Waals surface area (Å²) in [5.41, 5.74) is 8.85. The van der Waals surface area contributed by atoms with Gasteiger partial charge in [0.2, 0.25) is 0 Å². The monoisotopic (exact) mass is 350 g/mol. The molecule has 0 aromatic heterocycles. The van der Waals surface area contributed by atoms with Crippen LogP contribution in [0.25, 0.3) is 11.1 Å². The van der Waals surface area contributed by atoms with Crippen LogP contribution < -0.4 is 10.6 Å². The Morgan fingerprint density at radius 3 is 2.39 bits per heavy atom. The molecule has 23 heavy (non-hydrogen) atoms. The normalized spacial score (nSPS) is 15.8. The molecule has 2 aliphatic rings. The molecule has 2 aromatic rings. The molecule has 0 fully saturated rings. The quantitative estimate of drug-likeness (QED) is 0.803. The Bertz CT molecular complexity index is 656. The van der Waals surface area contributed by atoms with Crippen LogP contribution in [0.4, 0.5) is 5.69 Å². The highest BCUT2D eigenvalue weighted by Gasteiger charge is 2.21. The molecule has 2 aliphatic heterocycles. The van der Waals surface area contributed by atoms with Crippen LogP contribution in [0, 0.1) is 0 Å². The number of rotatable bonds is 1. The van der Waals surface area contributed by atoms with Crippen molar-refractivity contribution < 1.29 is 0 Å². The Morgan fingerprint density at radius 2 is 1.57 bits per heavy atom. The van der Waals surface area contributed by atoms with E-state index < -0.39 is 0 Å². The molecule has 0 aliphatic carbocycles. The van der Waals surface area contributed by atoms with E-state index in [1.165, 1.54) is 35.2 Å². The molecule has 0 saturated heterocycles. The van der Waals surface area contributed by atoms with Gasteiger partial charge in [0.05, 0.1) is 0 Å². The Morgan fingerprint density at radius 1 is 0.783 bits per heavy atom. The zero-order chi connectivity index (χ0) is 14.1. The summed E-state index contributed by atoms with van der Waals surface area (Å²) >= 11 is 0. The van der Waals surface area contributed by atoms with Gasteiger partial charge in [0.1, 0.15) is 0 Å². The minimum absolute atomic E-state index is 0. The van der Waals surface area contributed by atoms with Gasteiger partial charge < -0.3 is 10.6 Å². The fourth-order valence-corrected chi connectivity index (χ4v) is 3.73. The summed E-state index contributed by atoms with van der Waals surface area (Å²) in [6.45, 7) is 3.29. The number of aryl methyl sites for hydroxylation is 1. The molecule has 124 valence electrons. The van der Waals surface area contributed by atoms with Gasteiger partial charge in [-0.1, -0.05) is 36.4 Å². The molecule has 0 bridgehead atoms. The average Bonchev–Trinajstić information content (AvgIpc) is 2.78. The van der Waals surface area contributed by atoms with Gasteiger partial charge in [0.15, 0.2) is 0 Å². The first kappa shape index (κ1) is 18.1. The van der Waals surface area contributed by atoms with Crippen molar-refractivity contribution in [1.82, 2.24) is 5.32 Å². The third-order valence-corrected chi connectivity index (χ3v) is 4.72. The summed E-state index contributed by atoms with van der Waals surface area (Å²) in [7, 11) is 0. The number of benzene rings is 2. The van der Waals surface area contributed by atoms with E-state index in [2.05, 4.69) is 47.0 Å². The van der Waals surface area contributed by atoms with Crippen LogP contribution in [0.2, 0.25) is 0 Å². The van der Waals surface area contributed by atoms with Gasteiger partial charge in [0.25, 0.3) is 0 Å². The van der Waals surface area contributed by atoms with E-state index in [4.69, 9.17) is 0 Å². The molecule has 0 radical (unpaired) electrons. The number of nitrogens with one attached hydrogen (secondary N) is 2. The molecule has 4 heteroatoms. The first-order valence-corrected chi connectivity index (χ1v) is 8.11. The lowest BCUT2D eigenvalue weighted by atomic mass is 9.86. The van der Waals surface area contributed by atoms with Crippen LogP contribution in [0.15, 0.2) is 36.4 Å². The van der Waals surface area contributed by atoms with Crippen molar-refractivity contribution in [3.8, 4) is 11.1 Å². The van der Waals surface area contributed by atoms with Gasteiger partial charge in [0, 0.05) is 17.8 Å². The standard InChI is InChI=1S/C19H22N2.2ClH/c1-2-5-14(6-3-1)18-17-9-12-20-11-8-15(17)13-16-7-4-10-21-19(16)18;;/h1-3,5-6,13,20-21H,4,7-12H2;2*1H. The van der Waals surface area contributed by atoms with Gasteiger partial charge in [-0.05, 0) is 61.0 Å². The Kier molecular flexibility index (Phi) is 6.34. The van der Waals surface area contributed by atoms with Crippen LogP contribution in [0.1, 0.15) is 23.1 Å². The van der Waals surface area contributed by atoms with Gasteiger partial charge in [-0.3, -0.25) is 0 Å². The number of hydrogen-bond acceptors (Lipinski definition) is 2. The maximum atomic E-state index is 3.68. The predicted octanol–water partition coefficient (Wildman–Crippen LogP) is 4.24. The van der Waals surface area contributed by atoms with Gasteiger partial charge in [-0.25, -0.2) is 0 Å². The lowest BCUT2D eigenvalue weighted by Crippen LogP contribution is -2.16. The van der Waals surface area contributed by atoms with E-state index in [-0.39, 0.29) is 24.8 Å². The molecule has 0 spiro atoms. The zero-order valence-electron chi connectivity index (χ0n) is 13.2. The first-order chi connectivity index (χ1) is 10.4. The number of hydrogen-bond donors (Lipinski definition) is 2. The van der Waals surface area contributed by atoms with Gasteiger partial charge in [-0.2, -0.15) is 0 Å². The van der Waals surface area contributed by atoms with Crippen LogP contribution >= 0.6 is 24.8 Å². The largest absolute Gasteiger partial charge is 0.384 e. The molecule has 0 amide bonds. The smallest absolute Gasteiger partial charge is 0.0455 e. The Balaban J connectivity index is 0.000000960. The zero-order valence-corrected chi connectivity index (χ0v) is 14.9. The maximum Gasteiger partial charge on any atom is 0.0455 e. The Hall–Kier alpha value is -1.22. The number of fused-ring (bicyclic) bond motifs is 2. The van der Waals surface area contributed by atoms with E-state index >= 15 is 0 Å². The second-order valence-electron chi connectivity index (χ2n) is 6.07. The van der Waals surface area contributed by atoms with Crippen molar-refractivity contribution in [2.75, 3.05) is 25.0 Å². The van der Waals surface area contributed by atoms with Crippen molar-refractivity contribution >= 4 is 30.5 Å². The minimum atomic E-state index is 0.